The van der Waals surface area contributed by atoms with E-state index in [2.05, 4.69) is 80.3 Å². The van der Waals surface area contributed by atoms with Gasteiger partial charge < -0.3 is 5.11 Å². The number of benzene rings is 2. The molecule has 0 saturated carbocycles. The highest BCUT2D eigenvalue weighted by molar-refractivity contribution is 5.32. The Morgan fingerprint density at radius 3 is 2.15 bits per heavy atom. The molecule has 2 aromatic carbocycles. The van der Waals surface area contributed by atoms with Gasteiger partial charge >= 0.3 is 0 Å². The second-order valence-electron chi connectivity index (χ2n) is 9.47. The SMILES string of the molecule is CC(C)(C)c1ccc(C(CO)C2C3CCN(CC3)C2c2ccccc2)cc1. The van der Waals surface area contributed by atoms with E-state index in [0.717, 1.165) is 0 Å². The van der Waals surface area contributed by atoms with Crippen molar-refractivity contribution in [2.75, 3.05) is 19.7 Å². The van der Waals surface area contributed by atoms with Gasteiger partial charge in [-0.15, -0.1) is 0 Å². The van der Waals surface area contributed by atoms with E-state index in [9.17, 15) is 5.11 Å². The van der Waals surface area contributed by atoms with Gasteiger partial charge in [0, 0.05) is 12.0 Å². The minimum Gasteiger partial charge on any atom is -0.396 e. The highest BCUT2D eigenvalue weighted by atomic mass is 16.3. The van der Waals surface area contributed by atoms with Crippen LogP contribution in [0.3, 0.4) is 0 Å². The van der Waals surface area contributed by atoms with Gasteiger partial charge in [-0.1, -0.05) is 75.4 Å². The minimum atomic E-state index is 0.162. The Labute approximate surface area is 164 Å². The summed E-state index contributed by atoms with van der Waals surface area (Å²) in [7, 11) is 0. The van der Waals surface area contributed by atoms with Gasteiger partial charge in [-0.25, -0.2) is 0 Å². The number of aliphatic hydroxyl groups is 1. The Bertz CT molecular complexity index is 738. The number of rotatable bonds is 4. The van der Waals surface area contributed by atoms with Gasteiger partial charge in [-0.2, -0.15) is 0 Å². The number of hydrogen-bond acceptors (Lipinski definition) is 2. The largest absolute Gasteiger partial charge is 0.396 e. The molecule has 0 radical (unpaired) electrons. The fourth-order valence-electron chi connectivity index (χ4n) is 5.40. The Hall–Kier alpha value is -1.64. The first-order valence-electron chi connectivity index (χ1n) is 10.5. The van der Waals surface area contributed by atoms with Crippen molar-refractivity contribution in [2.45, 2.75) is 51.0 Å². The number of piperidine rings is 3. The van der Waals surface area contributed by atoms with Gasteiger partial charge in [0.05, 0.1) is 6.61 Å². The van der Waals surface area contributed by atoms with Crippen LogP contribution in [0, 0.1) is 11.8 Å². The molecule has 2 bridgehead atoms. The van der Waals surface area contributed by atoms with Gasteiger partial charge in [0.15, 0.2) is 0 Å². The van der Waals surface area contributed by atoms with Crippen molar-refractivity contribution in [2.24, 2.45) is 11.8 Å². The third-order valence-electron chi connectivity index (χ3n) is 6.88. The summed E-state index contributed by atoms with van der Waals surface area (Å²) in [5.41, 5.74) is 4.23. The van der Waals surface area contributed by atoms with Crippen molar-refractivity contribution < 1.29 is 5.11 Å². The predicted octanol–water partition coefficient (Wildman–Crippen LogP) is 5.14. The predicted molar refractivity (Wildman–Crippen MR) is 112 cm³/mol. The summed E-state index contributed by atoms with van der Waals surface area (Å²) in [6.45, 7) is 9.38. The monoisotopic (exact) mass is 363 g/mol. The van der Waals surface area contributed by atoms with Gasteiger partial charge in [0.25, 0.3) is 0 Å². The van der Waals surface area contributed by atoms with Gasteiger partial charge in [-0.3, -0.25) is 4.90 Å². The van der Waals surface area contributed by atoms with Crippen molar-refractivity contribution in [3.63, 3.8) is 0 Å². The maximum Gasteiger partial charge on any atom is 0.0503 e. The number of fused-ring (bicyclic) bond motifs is 3. The third-order valence-corrected chi connectivity index (χ3v) is 6.88. The van der Waals surface area contributed by atoms with Crippen LogP contribution < -0.4 is 0 Å². The summed E-state index contributed by atoms with van der Waals surface area (Å²) < 4.78 is 0. The molecule has 0 aliphatic carbocycles. The molecule has 2 nitrogen and oxygen atoms in total. The summed E-state index contributed by atoms with van der Waals surface area (Å²) in [4.78, 5) is 2.66. The first kappa shape index (κ1) is 18.7. The summed E-state index contributed by atoms with van der Waals surface area (Å²) in [5, 5.41) is 10.4. The molecule has 2 aromatic rings. The average Bonchev–Trinajstić information content (AvgIpc) is 2.70. The molecule has 3 atom stereocenters. The Kier molecular flexibility index (Phi) is 5.13. The number of aliphatic hydroxyl groups excluding tert-OH is 1. The Balaban J connectivity index is 1.69. The zero-order valence-electron chi connectivity index (χ0n) is 16.9. The molecule has 1 N–H and O–H groups in total. The van der Waals surface area contributed by atoms with Crippen LogP contribution in [0.25, 0.3) is 0 Å². The highest BCUT2D eigenvalue weighted by Gasteiger charge is 2.46. The molecule has 3 fully saturated rings. The molecule has 3 heterocycles. The zero-order chi connectivity index (χ0) is 19.0. The quantitative estimate of drug-likeness (QED) is 0.813. The van der Waals surface area contributed by atoms with Gasteiger partial charge in [0.2, 0.25) is 0 Å². The summed E-state index contributed by atoms with van der Waals surface area (Å²) in [6.07, 6.45) is 2.54. The molecule has 3 aliphatic rings. The van der Waals surface area contributed by atoms with Crippen LogP contribution >= 0.6 is 0 Å². The highest BCUT2D eigenvalue weighted by Crippen LogP contribution is 2.51. The van der Waals surface area contributed by atoms with Gasteiger partial charge in [-0.05, 0) is 59.9 Å². The van der Waals surface area contributed by atoms with E-state index in [0.29, 0.717) is 17.9 Å². The lowest BCUT2D eigenvalue weighted by atomic mass is 9.65. The normalized spacial score (nSPS) is 28.9. The molecule has 2 heteroatoms. The third kappa shape index (κ3) is 3.58. The van der Waals surface area contributed by atoms with Crippen LogP contribution in [0.5, 0.6) is 0 Å². The first-order chi connectivity index (χ1) is 13.0. The first-order valence-corrected chi connectivity index (χ1v) is 10.5. The van der Waals surface area contributed by atoms with E-state index < -0.39 is 0 Å². The maximum atomic E-state index is 10.4. The molecule has 3 saturated heterocycles. The summed E-state index contributed by atoms with van der Waals surface area (Å²) in [6, 6.07) is 20.4. The van der Waals surface area contributed by atoms with E-state index in [1.54, 1.807) is 0 Å². The molecule has 144 valence electrons. The van der Waals surface area contributed by atoms with Crippen molar-refractivity contribution >= 4 is 0 Å². The maximum absolute atomic E-state index is 10.4. The van der Waals surface area contributed by atoms with E-state index in [4.69, 9.17) is 0 Å². The Morgan fingerprint density at radius 2 is 1.59 bits per heavy atom. The molecule has 3 unspecified atom stereocenters. The Morgan fingerprint density at radius 1 is 0.963 bits per heavy atom. The second kappa shape index (κ2) is 7.41. The molecule has 0 spiro atoms. The van der Waals surface area contributed by atoms with E-state index in [-0.39, 0.29) is 17.9 Å². The van der Waals surface area contributed by atoms with Gasteiger partial charge in [0.1, 0.15) is 0 Å². The average molecular weight is 364 g/mol. The van der Waals surface area contributed by atoms with Crippen molar-refractivity contribution in [1.29, 1.82) is 0 Å². The topological polar surface area (TPSA) is 23.5 Å². The van der Waals surface area contributed by atoms with Crippen LogP contribution in [-0.2, 0) is 5.41 Å². The minimum absolute atomic E-state index is 0.162. The van der Waals surface area contributed by atoms with E-state index in [1.165, 1.54) is 42.6 Å². The fraction of sp³-hybridized carbons (Fsp3) is 0.520. The molecule has 5 rings (SSSR count). The molecular formula is C25H33NO. The summed E-state index contributed by atoms with van der Waals surface area (Å²) >= 11 is 0. The lowest BCUT2D eigenvalue weighted by molar-refractivity contribution is -0.0327. The van der Waals surface area contributed by atoms with Crippen LogP contribution in [0.15, 0.2) is 54.6 Å². The van der Waals surface area contributed by atoms with E-state index in [1.807, 2.05) is 0 Å². The number of nitrogens with zero attached hydrogens (tertiary/aromatic N) is 1. The van der Waals surface area contributed by atoms with Crippen molar-refractivity contribution in [3.8, 4) is 0 Å². The number of hydrogen-bond donors (Lipinski definition) is 1. The smallest absolute Gasteiger partial charge is 0.0503 e. The second-order valence-corrected chi connectivity index (χ2v) is 9.47. The molecule has 0 amide bonds. The lowest BCUT2D eigenvalue weighted by Crippen LogP contribution is -2.51. The van der Waals surface area contributed by atoms with Crippen LogP contribution in [0.1, 0.15) is 62.3 Å². The zero-order valence-corrected chi connectivity index (χ0v) is 16.9. The van der Waals surface area contributed by atoms with Crippen LogP contribution in [0.2, 0.25) is 0 Å². The standard InChI is InChI=1S/C25H33NO/c1-25(2,3)21-11-9-18(10-12-21)22(17-27)23-19-13-15-26(16-14-19)24(23)20-7-5-4-6-8-20/h4-12,19,22-24,27H,13-17H2,1-3H3. The fourth-order valence-corrected chi connectivity index (χ4v) is 5.40. The molecule has 27 heavy (non-hydrogen) atoms. The van der Waals surface area contributed by atoms with Crippen molar-refractivity contribution in [1.82, 2.24) is 4.90 Å². The summed E-state index contributed by atoms with van der Waals surface area (Å²) in [5.74, 6) is 1.40. The van der Waals surface area contributed by atoms with Crippen LogP contribution in [-0.4, -0.2) is 29.7 Å². The van der Waals surface area contributed by atoms with E-state index >= 15 is 0 Å². The molecule has 3 aliphatic heterocycles. The molecule has 0 aromatic heterocycles. The lowest BCUT2D eigenvalue weighted by Gasteiger charge is -2.53. The van der Waals surface area contributed by atoms with Crippen LogP contribution in [0.4, 0.5) is 0 Å². The molecular weight excluding hydrogens is 330 g/mol. The van der Waals surface area contributed by atoms with Crippen molar-refractivity contribution in [3.05, 3.63) is 71.3 Å².